The number of benzene rings is 1. The van der Waals surface area contributed by atoms with Crippen LogP contribution in [0.2, 0.25) is 0 Å². The molecule has 0 bridgehead atoms. The first kappa shape index (κ1) is 18.6. The van der Waals surface area contributed by atoms with Crippen LogP contribution in [-0.4, -0.2) is 28.9 Å². The molecule has 0 unspecified atom stereocenters. The van der Waals surface area contributed by atoms with Crippen LogP contribution in [0.1, 0.15) is 45.5 Å². The zero-order valence-electron chi connectivity index (χ0n) is 15.3. The first-order valence-electron chi connectivity index (χ1n) is 7.92. The van der Waals surface area contributed by atoms with Crippen LogP contribution in [0.3, 0.4) is 0 Å². The van der Waals surface area contributed by atoms with Crippen LogP contribution in [-0.2, 0) is 4.74 Å². The van der Waals surface area contributed by atoms with E-state index in [0.717, 1.165) is 5.69 Å². The molecule has 1 aromatic carbocycles. The number of rotatable bonds is 5. The second-order valence-corrected chi connectivity index (χ2v) is 6.59. The molecule has 0 saturated heterocycles. The average molecular weight is 348 g/mol. The van der Waals surface area contributed by atoms with E-state index in [1.165, 1.54) is 7.11 Å². The highest BCUT2D eigenvalue weighted by atomic mass is 16.6. The van der Waals surface area contributed by atoms with Crippen LogP contribution in [0.15, 0.2) is 22.7 Å². The molecular formula is C17H24N4O4. The summed E-state index contributed by atoms with van der Waals surface area (Å²) < 4.78 is 15.7. The van der Waals surface area contributed by atoms with E-state index in [2.05, 4.69) is 20.8 Å². The van der Waals surface area contributed by atoms with Crippen LogP contribution in [0.5, 0.6) is 5.75 Å². The lowest BCUT2D eigenvalue weighted by Gasteiger charge is -2.21. The number of aryl methyl sites for hydroxylation is 1. The number of hydrogen-bond donors (Lipinski definition) is 2. The van der Waals surface area contributed by atoms with Gasteiger partial charge in [-0.2, -0.15) is 4.98 Å². The number of methoxy groups -OCH3 is 1. The maximum atomic E-state index is 12.0. The summed E-state index contributed by atoms with van der Waals surface area (Å²) in [4.78, 5) is 16.2. The average Bonchev–Trinajstić information content (AvgIpc) is 2.92. The topological polar surface area (TPSA) is 98.5 Å². The molecule has 8 heteroatoms. The molecule has 2 rings (SSSR count). The highest BCUT2D eigenvalue weighted by Gasteiger charge is 2.18. The molecule has 0 aliphatic heterocycles. The number of carbonyl (C=O) groups excluding carboxylic acids is 1. The fourth-order valence-electron chi connectivity index (χ4n) is 2.11. The van der Waals surface area contributed by atoms with Crippen molar-refractivity contribution in [2.24, 2.45) is 0 Å². The minimum absolute atomic E-state index is 0.191. The lowest BCUT2D eigenvalue weighted by atomic mass is 10.2. The van der Waals surface area contributed by atoms with Gasteiger partial charge in [0.2, 0.25) is 5.89 Å². The number of ether oxygens (including phenoxy) is 2. The third-order valence-electron chi connectivity index (χ3n) is 3.13. The molecule has 0 aliphatic carbocycles. The number of anilines is 2. The molecule has 1 atom stereocenters. The van der Waals surface area contributed by atoms with Gasteiger partial charge >= 0.3 is 6.09 Å². The summed E-state index contributed by atoms with van der Waals surface area (Å²) in [6.07, 6.45) is -0.552. The Morgan fingerprint density at radius 1 is 1.32 bits per heavy atom. The molecule has 0 aliphatic rings. The summed E-state index contributed by atoms with van der Waals surface area (Å²) in [7, 11) is 1.53. The molecule has 1 aromatic heterocycles. The van der Waals surface area contributed by atoms with E-state index in [4.69, 9.17) is 14.0 Å². The van der Waals surface area contributed by atoms with Gasteiger partial charge in [-0.05, 0) is 52.8 Å². The van der Waals surface area contributed by atoms with Crippen molar-refractivity contribution >= 4 is 17.5 Å². The van der Waals surface area contributed by atoms with Crippen molar-refractivity contribution in [1.82, 2.24) is 10.1 Å². The van der Waals surface area contributed by atoms with E-state index >= 15 is 0 Å². The van der Waals surface area contributed by atoms with E-state index < -0.39 is 11.7 Å². The highest BCUT2D eigenvalue weighted by molar-refractivity contribution is 5.88. The molecule has 25 heavy (non-hydrogen) atoms. The van der Waals surface area contributed by atoms with Crippen LogP contribution in [0.4, 0.5) is 16.2 Å². The largest absolute Gasteiger partial charge is 0.495 e. The Morgan fingerprint density at radius 3 is 2.60 bits per heavy atom. The Morgan fingerprint density at radius 2 is 2.04 bits per heavy atom. The van der Waals surface area contributed by atoms with Crippen molar-refractivity contribution in [2.75, 3.05) is 17.7 Å². The van der Waals surface area contributed by atoms with Gasteiger partial charge in [-0.15, -0.1) is 0 Å². The van der Waals surface area contributed by atoms with Gasteiger partial charge in [0.05, 0.1) is 12.8 Å². The molecule has 0 saturated carbocycles. The molecule has 2 aromatic rings. The van der Waals surface area contributed by atoms with E-state index in [1.54, 1.807) is 39.8 Å². The Labute approximate surface area is 146 Å². The lowest BCUT2D eigenvalue weighted by molar-refractivity contribution is 0.0635. The van der Waals surface area contributed by atoms with Crippen LogP contribution in [0, 0.1) is 6.92 Å². The summed E-state index contributed by atoms with van der Waals surface area (Å²) in [5.41, 5.74) is 0.670. The molecule has 8 nitrogen and oxygen atoms in total. The molecule has 0 radical (unpaired) electrons. The number of hydrogen-bond acceptors (Lipinski definition) is 7. The molecule has 1 amide bonds. The molecule has 0 spiro atoms. The van der Waals surface area contributed by atoms with Gasteiger partial charge in [0.15, 0.2) is 5.82 Å². The van der Waals surface area contributed by atoms with Gasteiger partial charge in [0.25, 0.3) is 0 Å². The van der Waals surface area contributed by atoms with Gasteiger partial charge in [-0.1, -0.05) is 5.16 Å². The second-order valence-electron chi connectivity index (χ2n) is 6.59. The van der Waals surface area contributed by atoms with Gasteiger partial charge < -0.3 is 19.3 Å². The fourth-order valence-corrected chi connectivity index (χ4v) is 2.11. The summed E-state index contributed by atoms with van der Waals surface area (Å²) in [6.45, 7) is 9.07. The Balaban J connectivity index is 2.14. The van der Waals surface area contributed by atoms with Crippen molar-refractivity contribution < 1.29 is 18.8 Å². The van der Waals surface area contributed by atoms with Gasteiger partial charge in [0, 0.05) is 5.69 Å². The minimum atomic E-state index is -0.586. The SMILES string of the molecule is COc1ccc(N[C@@H](C)c2nc(C)no2)cc1NC(=O)OC(C)(C)C. The van der Waals surface area contributed by atoms with Gasteiger partial charge in [-0.3, -0.25) is 5.32 Å². The standard InChI is InChI=1S/C17H24N4O4/c1-10(15-19-11(2)21-25-15)18-12-7-8-14(23-6)13(9-12)20-16(22)24-17(3,4)5/h7-10,18H,1-6H3,(H,20,22)/t10-/m0/s1. The predicted molar refractivity (Wildman–Crippen MR) is 93.9 cm³/mol. The van der Waals surface area contributed by atoms with Crippen LogP contribution >= 0.6 is 0 Å². The van der Waals surface area contributed by atoms with E-state index in [1.807, 2.05) is 13.0 Å². The van der Waals surface area contributed by atoms with Crippen molar-refractivity contribution in [1.29, 1.82) is 0 Å². The number of aromatic nitrogens is 2. The highest BCUT2D eigenvalue weighted by Crippen LogP contribution is 2.30. The quantitative estimate of drug-likeness (QED) is 0.845. The first-order valence-corrected chi connectivity index (χ1v) is 7.92. The Hall–Kier alpha value is -2.77. The molecule has 136 valence electrons. The van der Waals surface area contributed by atoms with Crippen LogP contribution < -0.4 is 15.4 Å². The predicted octanol–water partition coefficient (Wildman–Crippen LogP) is 3.91. The maximum absolute atomic E-state index is 12.0. The number of nitrogens with one attached hydrogen (secondary N) is 2. The zero-order valence-corrected chi connectivity index (χ0v) is 15.3. The Kier molecular flexibility index (Phi) is 5.51. The van der Waals surface area contributed by atoms with Gasteiger partial charge in [-0.25, -0.2) is 4.79 Å². The van der Waals surface area contributed by atoms with Crippen molar-refractivity contribution in [3.63, 3.8) is 0 Å². The monoisotopic (exact) mass is 348 g/mol. The molecule has 1 heterocycles. The lowest BCUT2D eigenvalue weighted by Crippen LogP contribution is -2.27. The first-order chi connectivity index (χ1) is 11.7. The van der Waals surface area contributed by atoms with Crippen molar-refractivity contribution in [2.45, 2.75) is 46.3 Å². The van der Waals surface area contributed by atoms with Crippen molar-refractivity contribution in [3.8, 4) is 5.75 Å². The van der Waals surface area contributed by atoms with Crippen molar-refractivity contribution in [3.05, 3.63) is 29.9 Å². The smallest absolute Gasteiger partial charge is 0.412 e. The van der Waals surface area contributed by atoms with E-state index in [0.29, 0.717) is 23.2 Å². The third-order valence-corrected chi connectivity index (χ3v) is 3.13. The van der Waals surface area contributed by atoms with E-state index in [-0.39, 0.29) is 6.04 Å². The molecular weight excluding hydrogens is 324 g/mol. The number of nitrogens with zero attached hydrogens (tertiary/aromatic N) is 2. The number of amides is 1. The summed E-state index contributed by atoms with van der Waals surface area (Å²) in [6, 6.07) is 5.14. The molecule has 2 N–H and O–H groups in total. The second kappa shape index (κ2) is 7.42. The van der Waals surface area contributed by atoms with Crippen LogP contribution in [0.25, 0.3) is 0 Å². The minimum Gasteiger partial charge on any atom is -0.495 e. The maximum Gasteiger partial charge on any atom is 0.412 e. The zero-order chi connectivity index (χ0) is 18.6. The molecule has 0 fully saturated rings. The van der Waals surface area contributed by atoms with E-state index in [9.17, 15) is 4.79 Å². The normalized spacial score (nSPS) is 12.4. The Bertz CT molecular complexity index is 736. The summed E-state index contributed by atoms with van der Waals surface area (Å²) in [5.74, 6) is 1.58. The fraction of sp³-hybridized carbons (Fsp3) is 0.471. The summed E-state index contributed by atoms with van der Waals surface area (Å²) in [5, 5.41) is 9.72. The third kappa shape index (κ3) is 5.37. The number of carbonyl (C=O) groups is 1. The van der Waals surface area contributed by atoms with Gasteiger partial charge in [0.1, 0.15) is 17.4 Å². The summed E-state index contributed by atoms with van der Waals surface area (Å²) >= 11 is 0.